The molecule has 0 heterocycles. The second-order valence-electron chi connectivity index (χ2n) is 4.69. The number of aryl methyl sites for hydroxylation is 1. The molecule has 7 heteroatoms. The zero-order valence-corrected chi connectivity index (χ0v) is 12.6. The summed E-state index contributed by atoms with van der Waals surface area (Å²) in [5.74, 6) is 0. The van der Waals surface area contributed by atoms with Crippen molar-refractivity contribution in [2.75, 3.05) is 5.32 Å². The van der Waals surface area contributed by atoms with E-state index in [0.717, 1.165) is 11.1 Å². The minimum Gasteiger partial charge on any atom is -0.334 e. The van der Waals surface area contributed by atoms with Crippen LogP contribution in [0.1, 0.15) is 11.1 Å². The summed E-state index contributed by atoms with van der Waals surface area (Å²) in [6.07, 6.45) is 0. The highest BCUT2D eigenvalue weighted by Gasteiger charge is 2.10. The average Bonchev–Trinajstić information content (AvgIpc) is 2.48. The van der Waals surface area contributed by atoms with E-state index in [0.29, 0.717) is 17.3 Å². The second-order valence-corrected chi connectivity index (χ2v) is 5.13. The number of halogens is 1. The molecular weight excluding hydrogens is 306 g/mol. The molecule has 0 aliphatic carbocycles. The van der Waals surface area contributed by atoms with E-state index in [2.05, 4.69) is 10.6 Å². The van der Waals surface area contributed by atoms with Crippen molar-refractivity contribution in [3.8, 4) is 0 Å². The van der Waals surface area contributed by atoms with E-state index >= 15 is 0 Å². The topological polar surface area (TPSA) is 84.3 Å². The van der Waals surface area contributed by atoms with Crippen LogP contribution in [-0.2, 0) is 6.54 Å². The number of urea groups is 1. The van der Waals surface area contributed by atoms with Gasteiger partial charge in [0.25, 0.3) is 5.69 Å². The van der Waals surface area contributed by atoms with Crippen molar-refractivity contribution in [2.24, 2.45) is 0 Å². The van der Waals surface area contributed by atoms with Gasteiger partial charge in [0.05, 0.1) is 10.6 Å². The number of nitro groups is 1. The first-order valence-corrected chi connectivity index (χ1v) is 6.88. The largest absolute Gasteiger partial charge is 0.334 e. The molecule has 0 atom stereocenters. The van der Waals surface area contributed by atoms with Crippen LogP contribution >= 0.6 is 11.6 Å². The number of hydrogen-bond donors (Lipinski definition) is 2. The lowest BCUT2D eigenvalue weighted by molar-refractivity contribution is -0.384. The maximum absolute atomic E-state index is 11.9. The third kappa shape index (κ3) is 4.20. The molecule has 0 radical (unpaired) electrons. The third-order valence-electron chi connectivity index (χ3n) is 3.05. The van der Waals surface area contributed by atoms with Gasteiger partial charge in [0.2, 0.25) is 0 Å². The zero-order chi connectivity index (χ0) is 16.1. The number of carbonyl (C=O) groups excluding carboxylic acids is 1. The van der Waals surface area contributed by atoms with E-state index in [1.807, 2.05) is 0 Å². The van der Waals surface area contributed by atoms with Gasteiger partial charge in [0, 0.05) is 23.7 Å². The van der Waals surface area contributed by atoms with Crippen LogP contribution in [-0.4, -0.2) is 11.0 Å². The average molecular weight is 320 g/mol. The monoisotopic (exact) mass is 319 g/mol. The molecule has 2 N–H and O–H groups in total. The maximum atomic E-state index is 11.9. The molecule has 22 heavy (non-hydrogen) atoms. The first-order valence-electron chi connectivity index (χ1n) is 6.50. The number of carbonyl (C=O) groups is 1. The number of anilines is 1. The van der Waals surface area contributed by atoms with Crippen molar-refractivity contribution in [1.82, 2.24) is 5.32 Å². The second kappa shape index (κ2) is 6.91. The molecule has 0 aromatic heterocycles. The van der Waals surface area contributed by atoms with E-state index in [1.165, 1.54) is 12.1 Å². The van der Waals surface area contributed by atoms with E-state index in [4.69, 9.17) is 11.6 Å². The normalized spacial score (nSPS) is 10.1. The molecule has 0 spiro atoms. The Bertz CT molecular complexity index is 702. The van der Waals surface area contributed by atoms with Gasteiger partial charge < -0.3 is 10.6 Å². The molecule has 0 aliphatic heterocycles. The van der Waals surface area contributed by atoms with Crippen LogP contribution in [0.4, 0.5) is 16.2 Å². The quantitative estimate of drug-likeness (QED) is 0.662. The van der Waals surface area contributed by atoms with Crippen LogP contribution in [0, 0.1) is 17.0 Å². The number of nitrogens with one attached hydrogen (secondary N) is 2. The molecule has 2 rings (SSSR count). The van der Waals surface area contributed by atoms with Crippen LogP contribution in [0.2, 0.25) is 5.02 Å². The van der Waals surface area contributed by atoms with E-state index in [9.17, 15) is 14.9 Å². The lowest BCUT2D eigenvalue weighted by Crippen LogP contribution is -2.28. The van der Waals surface area contributed by atoms with Crippen molar-refractivity contribution in [1.29, 1.82) is 0 Å². The summed E-state index contributed by atoms with van der Waals surface area (Å²) >= 11 is 5.78. The Morgan fingerprint density at radius 3 is 2.55 bits per heavy atom. The number of rotatable bonds is 4. The first-order chi connectivity index (χ1) is 10.5. The van der Waals surface area contributed by atoms with Crippen molar-refractivity contribution < 1.29 is 9.72 Å². The SMILES string of the molecule is Cc1ccc([N+](=O)[O-])cc1NC(=O)NCc1ccc(Cl)cc1. The molecule has 2 aromatic carbocycles. The lowest BCUT2D eigenvalue weighted by atomic mass is 10.2. The van der Waals surface area contributed by atoms with Crippen LogP contribution < -0.4 is 10.6 Å². The predicted octanol–water partition coefficient (Wildman–Crippen LogP) is 3.88. The number of non-ortho nitro benzene ring substituents is 1. The van der Waals surface area contributed by atoms with E-state index in [-0.39, 0.29) is 5.69 Å². The van der Waals surface area contributed by atoms with Crippen LogP contribution in [0.25, 0.3) is 0 Å². The van der Waals surface area contributed by atoms with Gasteiger partial charge >= 0.3 is 6.03 Å². The molecule has 6 nitrogen and oxygen atoms in total. The Morgan fingerprint density at radius 1 is 1.23 bits per heavy atom. The molecule has 0 aliphatic rings. The molecule has 0 fully saturated rings. The Morgan fingerprint density at radius 2 is 1.91 bits per heavy atom. The van der Waals surface area contributed by atoms with E-state index in [1.54, 1.807) is 37.3 Å². The summed E-state index contributed by atoms with van der Waals surface area (Å²) in [6.45, 7) is 2.09. The fraction of sp³-hybridized carbons (Fsp3) is 0.133. The van der Waals surface area contributed by atoms with E-state index < -0.39 is 11.0 Å². The Labute approximate surface area is 132 Å². The molecule has 0 unspecified atom stereocenters. The minimum absolute atomic E-state index is 0.0707. The fourth-order valence-electron chi connectivity index (χ4n) is 1.81. The molecule has 114 valence electrons. The highest BCUT2D eigenvalue weighted by atomic mass is 35.5. The lowest BCUT2D eigenvalue weighted by Gasteiger charge is -2.10. The maximum Gasteiger partial charge on any atom is 0.319 e. The molecular formula is C15H14ClN3O3. The van der Waals surface area contributed by atoms with Gasteiger partial charge in [-0.1, -0.05) is 29.8 Å². The van der Waals surface area contributed by atoms with Crippen molar-refractivity contribution >= 4 is 29.0 Å². The molecule has 0 bridgehead atoms. The van der Waals surface area contributed by atoms with Gasteiger partial charge in [0.1, 0.15) is 0 Å². The predicted molar refractivity (Wildman–Crippen MR) is 85.1 cm³/mol. The van der Waals surface area contributed by atoms with Crippen molar-refractivity contribution in [3.05, 3.63) is 68.7 Å². The van der Waals surface area contributed by atoms with Crippen LogP contribution in [0.3, 0.4) is 0 Å². The van der Waals surface area contributed by atoms with Gasteiger partial charge in [0.15, 0.2) is 0 Å². The van der Waals surface area contributed by atoms with Crippen LogP contribution in [0.15, 0.2) is 42.5 Å². The van der Waals surface area contributed by atoms with Gasteiger partial charge in [-0.25, -0.2) is 4.79 Å². The summed E-state index contributed by atoms with van der Waals surface area (Å²) in [5, 5.41) is 16.7. The highest BCUT2D eigenvalue weighted by molar-refractivity contribution is 6.30. The fourth-order valence-corrected chi connectivity index (χ4v) is 1.94. The summed E-state index contributed by atoms with van der Waals surface area (Å²) in [6, 6.07) is 11.0. The number of nitro benzene ring substituents is 1. The standard InChI is InChI=1S/C15H14ClN3O3/c1-10-2-7-13(19(21)22)8-14(10)18-15(20)17-9-11-3-5-12(16)6-4-11/h2-8H,9H2,1H3,(H2,17,18,20). The minimum atomic E-state index is -0.504. The summed E-state index contributed by atoms with van der Waals surface area (Å²) < 4.78 is 0. The Balaban J connectivity index is 1.98. The first kappa shape index (κ1) is 15.8. The number of benzene rings is 2. The molecule has 0 saturated heterocycles. The van der Waals surface area contributed by atoms with Crippen molar-refractivity contribution in [3.63, 3.8) is 0 Å². The van der Waals surface area contributed by atoms with Gasteiger partial charge in [-0.15, -0.1) is 0 Å². The molecule has 2 aromatic rings. The third-order valence-corrected chi connectivity index (χ3v) is 3.30. The molecule has 0 saturated carbocycles. The van der Waals surface area contributed by atoms with Gasteiger partial charge in [-0.3, -0.25) is 10.1 Å². The molecule has 2 amide bonds. The zero-order valence-electron chi connectivity index (χ0n) is 11.8. The number of nitrogens with zero attached hydrogens (tertiary/aromatic N) is 1. The Kier molecular flexibility index (Phi) is 4.95. The van der Waals surface area contributed by atoms with Crippen LogP contribution in [0.5, 0.6) is 0 Å². The van der Waals surface area contributed by atoms with Gasteiger partial charge in [-0.2, -0.15) is 0 Å². The summed E-state index contributed by atoms with van der Waals surface area (Å²) in [4.78, 5) is 22.1. The van der Waals surface area contributed by atoms with Gasteiger partial charge in [-0.05, 0) is 30.2 Å². The number of amides is 2. The smallest absolute Gasteiger partial charge is 0.319 e. The number of hydrogen-bond acceptors (Lipinski definition) is 3. The highest BCUT2D eigenvalue weighted by Crippen LogP contribution is 2.21. The van der Waals surface area contributed by atoms with Crippen molar-refractivity contribution in [2.45, 2.75) is 13.5 Å². The Hall–Kier alpha value is -2.60. The summed E-state index contributed by atoms with van der Waals surface area (Å²) in [5.41, 5.74) is 1.98. The summed E-state index contributed by atoms with van der Waals surface area (Å²) in [7, 11) is 0.